The van der Waals surface area contributed by atoms with E-state index in [9.17, 15) is 0 Å². The lowest BCUT2D eigenvalue weighted by Crippen LogP contribution is -2.30. The molecule has 2 nitrogen and oxygen atoms in total. The number of fused-ring (bicyclic) bond motifs is 1. The van der Waals surface area contributed by atoms with Gasteiger partial charge in [-0.05, 0) is 49.6 Å². The quantitative estimate of drug-likeness (QED) is 0.763. The van der Waals surface area contributed by atoms with Crippen LogP contribution in [0.4, 0.5) is 11.4 Å². The van der Waals surface area contributed by atoms with Crippen molar-refractivity contribution in [3.05, 3.63) is 58.7 Å². The summed E-state index contributed by atoms with van der Waals surface area (Å²) in [6.45, 7) is 6.52. The highest BCUT2D eigenvalue weighted by atomic mass is 15.4. The first-order chi connectivity index (χ1) is 9.49. The van der Waals surface area contributed by atoms with Gasteiger partial charge in [0.2, 0.25) is 0 Å². The zero-order valence-corrected chi connectivity index (χ0v) is 12.9. The van der Waals surface area contributed by atoms with Gasteiger partial charge in [0.05, 0.1) is 11.4 Å². The summed E-state index contributed by atoms with van der Waals surface area (Å²) in [7, 11) is 4.37. The molecule has 1 aliphatic heterocycles. The summed E-state index contributed by atoms with van der Waals surface area (Å²) < 4.78 is 0. The fraction of sp³-hybridized carbons (Fsp3) is 0.333. The second kappa shape index (κ2) is 4.55. The average Bonchev–Trinajstić information content (AvgIpc) is 2.63. The number of hydrogen-bond acceptors (Lipinski definition) is 2. The van der Waals surface area contributed by atoms with Crippen LogP contribution in [0.15, 0.2) is 36.4 Å². The lowest BCUT2D eigenvalue weighted by Gasteiger charge is -2.28. The third-order valence-electron chi connectivity index (χ3n) is 4.42. The van der Waals surface area contributed by atoms with Crippen LogP contribution in [0.1, 0.15) is 28.4 Å². The number of nitrogens with zero attached hydrogens (tertiary/aromatic N) is 2. The molecule has 0 saturated carbocycles. The number of aryl methyl sites for hydroxylation is 3. The van der Waals surface area contributed by atoms with Crippen molar-refractivity contribution in [2.45, 2.75) is 26.9 Å². The molecular weight excluding hydrogens is 244 g/mol. The highest BCUT2D eigenvalue weighted by molar-refractivity contribution is 5.79. The molecule has 3 rings (SSSR count). The molecule has 0 saturated heterocycles. The predicted molar refractivity (Wildman–Crippen MR) is 86.6 cm³/mol. The van der Waals surface area contributed by atoms with Gasteiger partial charge >= 0.3 is 0 Å². The average molecular weight is 266 g/mol. The SMILES string of the molecule is Cc1cccc(C2N(C)c3cc(C)c(C)cc3N2C)c1. The van der Waals surface area contributed by atoms with Gasteiger partial charge in [-0.25, -0.2) is 0 Å². The number of rotatable bonds is 1. The Morgan fingerprint density at radius 2 is 1.35 bits per heavy atom. The molecule has 0 fully saturated rings. The summed E-state index contributed by atoms with van der Waals surface area (Å²) in [6, 6.07) is 13.4. The predicted octanol–water partition coefficient (Wildman–Crippen LogP) is 4.20. The lowest BCUT2D eigenvalue weighted by molar-refractivity contribution is 0.694. The van der Waals surface area contributed by atoms with E-state index in [0.29, 0.717) is 0 Å². The molecule has 0 amide bonds. The van der Waals surface area contributed by atoms with Gasteiger partial charge in [-0.1, -0.05) is 29.8 Å². The Morgan fingerprint density at radius 3 is 1.85 bits per heavy atom. The van der Waals surface area contributed by atoms with Crippen LogP contribution < -0.4 is 9.80 Å². The Kier molecular flexibility index (Phi) is 2.97. The lowest BCUT2D eigenvalue weighted by atomic mass is 10.1. The minimum Gasteiger partial charge on any atom is -0.349 e. The van der Waals surface area contributed by atoms with Gasteiger partial charge in [0.1, 0.15) is 6.17 Å². The van der Waals surface area contributed by atoms with Gasteiger partial charge in [-0.2, -0.15) is 0 Å². The second-order valence-corrected chi connectivity index (χ2v) is 5.93. The third kappa shape index (κ3) is 1.87. The molecule has 1 aliphatic rings. The van der Waals surface area contributed by atoms with E-state index < -0.39 is 0 Å². The molecule has 0 atom stereocenters. The van der Waals surface area contributed by atoms with Crippen molar-refractivity contribution in [3.63, 3.8) is 0 Å². The summed E-state index contributed by atoms with van der Waals surface area (Å²) in [5.74, 6) is 0. The summed E-state index contributed by atoms with van der Waals surface area (Å²) in [6.07, 6.45) is 0.283. The maximum absolute atomic E-state index is 2.37. The van der Waals surface area contributed by atoms with E-state index in [-0.39, 0.29) is 6.17 Å². The largest absolute Gasteiger partial charge is 0.349 e. The van der Waals surface area contributed by atoms with E-state index in [0.717, 1.165) is 0 Å². The number of anilines is 2. The monoisotopic (exact) mass is 266 g/mol. The summed E-state index contributed by atoms with van der Waals surface area (Å²) in [4.78, 5) is 4.74. The zero-order chi connectivity index (χ0) is 14.4. The molecule has 0 aromatic heterocycles. The minimum atomic E-state index is 0.283. The third-order valence-corrected chi connectivity index (χ3v) is 4.42. The molecule has 0 radical (unpaired) electrons. The van der Waals surface area contributed by atoms with Crippen LogP contribution in [0.5, 0.6) is 0 Å². The van der Waals surface area contributed by atoms with Crippen LogP contribution in [-0.4, -0.2) is 14.1 Å². The molecule has 2 aromatic carbocycles. The smallest absolute Gasteiger partial charge is 0.128 e. The molecule has 20 heavy (non-hydrogen) atoms. The Hall–Kier alpha value is -1.96. The van der Waals surface area contributed by atoms with Gasteiger partial charge in [0.25, 0.3) is 0 Å². The fourth-order valence-corrected chi connectivity index (χ4v) is 3.15. The first kappa shape index (κ1) is 13.0. The molecule has 0 N–H and O–H groups in total. The van der Waals surface area contributed by atoms with E-state index in [2.05, 4.69) is 81.1 Å². The molecule has 0 aliphatic carbocycles. The van der Waals surface area contributed by atoms with Gasteiger partial charge in [-0.3, -0.25) is 0 Å². The Bertz CT molecular complexity index is 625. The van der Waals surface area contributed by atoms with Crippen LogP contribution in [-0.2, 0) is 0 Å². The van der Waals surface area contributed by atoms with Crippen LogP contribution in [0.2, 0.25) is 0 Å². The van der Waals surface area contributed by atoms with Crippen molar-refractivity contribution in [3.8, 4) is 0 Å². The van der Waals surface area contributed by atoms with Crippen molar-refractivity contribution in [2.75, 3.05) is 23.9 Å². The highest BCUT2D eigenvalue weighted by Gasteiger charge is 2.32. The van der Waals surface area contributed by atoms with Gasteiger partial charge in [-0.15, -0.1) is 0 Å². The highest BCUT2D eigenvalue weighted by Crippen LogP contribution is 2.45. The first-order valence-electron chi connectivity index (χ1n) is 7.12. The fourth-order valence-electron chi connectivity index (χ4n) is 3.15. The van der Waals surface area contributed by atoms with E-state index in [4.69, 9.17) is 0 Å². The van der Waals surface area contributed by atoms with Crippen LogP contribution in [0.3, 0.4) is 0 Å². The van der Waals surface area contributed by atoms with Crippen LogP contribution in [0, 0.1) is 20.8 Å². The Morgan fingerprint density at radius 1 is 0.800 bits per heavy atom. The number of benzene rings is 2. The first-order valence-corrected chi connectivity index (χ1v) is 7.12. The maximum atomic E-state index is 2.37. The van der Waals surface area contributed by atoms with E-state index in [1.807, 2.05) is 0 Å². The molecule has 104 valence electrons. The maximum Gasteiger partial charge on any atom is 0.128 e. The Balaban J connectivity index is 2.09. The molecular formula is C18H22N2. The van der Waals surface area contributed by atoms with Crippen LogP contribution in [0.25, 0.3) is 0 Å². The normalized spacial score (nSPS) is 14.8. The van der Waals surface area contributed by atoms with Crippen molar-refractivity contribution < 1.29 is 0 Å². The van der Waals surface area contributed by atoms with Crippen molar-refractivity contribution in [2.24, 2.45) is 0 Å². The molecule has 2 heteroatoms. The molecule has 0 unspecified atom stereocenters. The molecule has 0 spiro atoms. The molecule has 1 heterocycles. The van der Waals surface area contributed by atoms with Crippen LogP contribution >= 0.6 is 0 Å². The van der Waals surface area contributed by atoms with Gasteiger partial charge in [0, 0.05) is 14.1 Å². The van der Waals surface area contributed by atoms with Crippen molar-refractivity contribution in [1.29, 1.82) is 0 Å². The summed E-state index contributed by atoms with van der Waals surface area (Å²) in [5, 5.41) is 0. The zero-order valence-electron chi connectivity index (χ0n) is 12.9. The minimum absolute atomic E-state index is 0.283. The molecule has 2 aromatic rings. The molecule has 0 bridgehead atoms. The second-order valence-electron chi connectivity index (χ2n) is 5.93. The van der Waals surface area contributed by atoms with Crippen molar-refractivity contribution in [1.82, 2.24) is 0 Å². The van der Waals surface area contributed by atoms with E-state index in [1.54, 1.807) is 0 Å². The van der Waals surface area contributed by atoms with Gasteiger partial charge in [0.15, 0.2) is 0 Å². The summed E-state index contributed by atoms with van der Waals surface area (Å²) >= 11 is 0. The van der Waals surface area contributed by atoms with Crippen molar-refractivity contribution >= 4 is 11.4 Å². The Labute approximate surface area is 121 Å². The summed E-state index contributed by atoms with van der Waals surface area (Å²) in [5.41, 5.74) is 8.01. The van der Waals surface area contributed by atoms with E-state index in [1.165, 1.54) is 33.6 Å². The van der Waals surface area contributed by atoms with E-state index >= 15 is 0 Å². The standard InChI is InChI=1S/C18H22N2/c1-12-7-6-8-15(9-12)18-19(4)16-10-13(2)14(3)11-17(16)20(18)5/h6-11,18H,1-5H3. The topological polar surface area (TPSA) is 6.48 Å². The number of hydrogen-bond donors (Lipinski definition) is 0. The van der Waals surface area contributed by atoms with Gasteiger partial charge < -0.3 is 9.80 Å².